The van der Waals surface area contributed by atoms with E-state index in [1.165, 1.54) is 43.8 Å². The van der Waals surface area contributed by atoms with Crippen molar-refractivity contribution in [1.29, 1.82) is 0 Å². The van der Waals surface area contributed by atoms with Crippen LogP contribution in [-0.2, 0) is 5.41 Å². The molecule has 0 saturated heterocycles. The quantitative estimate of drug-likeness (QED) is 0.283. The highest BCUT2D eigenvalue weighted by molar-refractivity contribution is 5.83. The molecular weight excluding hydrogens is 484 g/mol. The number of rotatable bonds is 2. The molecule has 1 fully saturated rings. The average molecular weight is 519 g/mol. The Kier molecular flexibility index (Phi) is 4.90. The first kappa shape index (κ1) is 23.8. The van der Waals surface area contributed by atoms with Crippen molar-refractivity contribution in [1.82, 2.24) is 9.97 Å². The minimum Gasteiger partial charge on any atom is -0.256 e. The molecule has 196 valence electrons. The second-order valence-electron chi connectivity index (χ2n) is 13.1. The monoisotopic (exact) mass is 518 g/mol. The summed E-state index contributed by atoms with van der Waals surface area (Å²) in [7, 11) is 0. The Balaban J connectivity index is 1.35. The van der Waals surface area contributed by atoms with Crippen LogP contribution in [0.1, 0.15) is 56.5 Å². The van der Waals surface area contributed by atoms with Crippen LogP contribution in [0.15, 0.2) is 103 Å². The summed E-state index contributed by atoms with van der Waals surface area (Å²) in [6.45, 7) is 9.81. The van der Waals surface area contributed by atoms with Gasteiger partial charge in [-0.25, -0.2) is 0 Å². The molecule has 0 radical (unpaired) electrons. The molecule has 3 unspecified atom stereocenters. The van der Waals surface area contributed by atoms with Crippen molar-refractivity contribution in [2.45, 2.75) is 39.5 Å². The summed E-state index contributed by atoms with van der Waals surface area (Å²) in [5.41, 5.74) is 12.1. The van der Waals surface area contributed by atoms with E-state index in [2.05, 4.69) is 117 Å². The molecule has 1 saturated carbocycles. The predicted molar refractivity (Wildman–Crippen MR) is 164 cm³/mol. The first-order chi connectivity index (χ1) is 19.4. The Hall–Kier alpha value is -4.04. The van der Waals surface area contributed by atoms with E-state index in [1.54, 1.807) is 5.57 Å². The maximum absolute atomic E-state index is 4.67. The van der Waals surface area contributed by atoms with Crippen LogP contribution in [0.5, 0.6) is 0 Å². The van der Waals surface area contributed by atoms with E-state index >= 15 is 0 Å². The number of hydrogen-bond donors (Lipinski definition) is 0. The van der Waals surface area contributed by atoms with Crippen LogP contribution in [0.4, 0.5) is 0 Å². The van der Waals surface area contributed by atoms with Crippen molar-refractivity contribution in [3.8, 4) is 11.3 Å². The molecule has 0 amide bonds. The van der Waals surface area contributed by atoms with Crippen molar-refractivity contribution in [3.05, 3.63) is 136 Å². The summed E-state index contributed by atoms with van der Waals surface area (Å²) in [4.78, 5) is 9.33. The lowest BCUT2D eigenvalue weighted by Gasteiger charge is -2.40. The predicted octanol–water partition coefficient (Wildman–Crippen LogP) is 7.08. The average Bonchev–Trinajstić information content (AvgIpc) is 3.22. The summed E-state index contributed by atoms with van der Waals surface area (Å²) >= 11 is 0. The maximum Gasteiger partial charge on any atom is 0.0702 e. The lowest BCUT2D eigenvalue weighted by Crippen LogP contribution is -2.46. The third kappa shape index (κ3) is 3.17. The molecule has 0 N–H and O–H groups in total. The third-order valence-electron chi connectivity index (χ3n) is 10.4. The van der Waals surface area contributed by atoms with Gasteiger partial charge in [0.15, 0.2) is 0 Å². The van der Waals surface area contributed by atoms with Gasteiger partial charge in [0.05, 0.1) is 11.4 Å². The molecule has 4 aromatic rings. The molecule has 2 heterocycles. The van der Waals surface area contributed by atoms with Gasteiger partial charge in [-0.05, 0) is 92.3 Å². The minimum atomic E-state index is -0.0929. The van der Waals surface area contributed by atoms with Gasteiger partial charge in [-0.1, -0.05) is 94.0 Å². The number of fused-ring (bicyclic) bond motifs is 5. The van der Waals surface area contributed by atoms with Crippen molar-refractivity contribution < 1.29 is 0 Å². The van der Waals surface area contributed by atoms with Crippen molar-refractivity contribution in [3.63, 3.8) is 0 Å². The molecule has 40 heavy (non-hydrogen) atoms. The molecule has 0 spiro atoms. The zero-order valence-electron chi connectivity index (χ0n) is 23.6. The van der Waals surface area contributed by atoms with Crippen LogP contribution in [0.3, 0.4) is 0 Å². The molecule has 3 atom stereocenters. The number of allylic oxidation sites excluding steroid dienone is 4. The van der Waals surface area contributed by atoms with E-state index in [0.717, 1.165) is 17.8 Å². The van der Waals surface area contributed by atoms with E-state index in [0.29, 0.717) is 17.8 Å². The SMILES string of the molecule is CC1(C)c2cc(-c3ccccn3)ccc2C2=c3c1cccc3=C1C3C=CC(c4ccccn4)=CC3C(C)(C)C1C2. The van der Waals surface area contributed by atoms with Crippen LogP contribution >= 0.6 is 0 Å². The van der Waals surface area contributed by atoms with Gasteiger partial charge in [0.25, 0.3) is 0 Å². The van der Waals surface area contributed by atoms with E-state index < -0.39 is 0 Å². The van der Waals surface area contributed by atoms with Crippen LogP contribution in [-0.4, -0.2) is 9.97 Å². The largest absolute Gasteiger partial charge is 0.256 e. The molecule has 2 nitrogen and oxygen atoms in total. The highest BCUT2D eigenvalue weighted by Crippen LogP contribution is 2.60. The molecular formula is C38H34N2. The Labute approximate surface area is 236 Å². The van der Waals surface area contributed by atoms with Gasteiger partial charge in [0.1, 0.15) is 0 Å². The summed E-state index contributed by atoms with van der Waals surface area (Å²) in [5, 5.41) is 2.98. The lowest BCUT2D eigenvalue weighted by molar-refractivity contribution is 0.223. The zero-order chi connectivity index (χ0) is 27.2. The normalized spacial score (nSPS) is 24.5. The van der Waals surface area contributed by atoms with E-state index in [-0.39, 0.29) is 10.8 Å². The maximum atomic E-state index is 4.67. The number of pyridine rings is 2. The summed E-state index contributed by atoms with van der Waals surface area (Å²) in [6, 6.07) is 26.6. The Bertz CT molecular complexity index is 1870. The Morgan fingerprint density at radius 1 is 0.775 bits per heavy atom. The van der Waals surface area contributed by atoms with Gasteiger partial charge in [-0.2, -0.15) is 0 Å². The fraction of sp³-hybridized carbons (Fsp3) is 0.263. The Morgan fingerprint density at radius 2 is 1.55 bits per heavy atom. The van der Waals surface area contributed by atoms with Crippen LogP contribution in [0.25, 0.3) is 28.0 Å². The van der Waals surface area contributed by atoms with Gasteiger partial charge in [0, 0.05) is 29.3 Å². The van der Waals surface area contributed by atoms with Gasteiger partial charge >= 0.3 is 0 Å². The van der Waals surface area contributed by atoms with Gasteiger partial charge < -0.3 is 0 Å². The van der Waals surface area contributed by atoms with Gasteiger partial charge in [0.2, 0.25) is 0 Å². The molecule has 2 heteroatoms. The molecule has 2 aromatic heterocycles. The fourth-order valence-corrected chi connectivity index (χ4v) is 8.32. The van der Waals surface area contributed by atoms with Gasteiger partial charge in [-0.15, -0.1) is 0 Å². The summed E-state index contributed by atoms with van der Waals surface area (Å²) in [6.07, 6.45) is 12.2. The highest BCUT2D eigenvalue weighted by Gasteiger charge is 2.53. The van der Waals surface area contributed by atoms with Crippen LogP contribution in [0.2, 0.25) is 0 Å². The number of benzene rings is 2. The van der Waals surface area contributed by atoms with Gasteiger partial charge in [-0.3, -0.25) is 9.97 Å². The summed E-state index contributed by atoms with van der Waals surface area (Å²) in [5.74, 6) is 1.37. The third-order valence-corrected chi connectivity index (χ3v) is 10.4. The second-order valence-corrected chi connectivity index (χ2v) is 13.1. The number of nitrogens with zero attached hydrogens (tertiary/aromatic N) is 2. The standard InChI is InChI=1S/C38H34N2/c1-37(2)29-11-9-10-27-35-26-17-15-24(34-13-6-8-19-40-34)21-31(26)38(3,4)32(35)22-28(36(27)29)25-16-14-23(20-30(25)37)33-12-5-7-18-39-33/h5-21,26,31-32H,22H2,1-4H3. The zero-order valence-corrected chi connectivity index (χ0v) is 23.6. The minimum absolute atomic E-state index is 0.0929. The smallest absolute Gasteiger partial charge is 0.0702 e. The van der Waals surface area contributed by atoms with Crippen molar-refractivity contribution in [2.24, 2.45) is 23.2 Å². The molecule has 4 aliphatic rings. The number of aromatic nitrogens is 2. The number of hydrogen-bond acceptors (Lipinski definition) is 2. The molecule has 0 bridgehead atoms. The van der Waals surface area contributed by atoms with Crippen molar-refractivity contribution in [2.75, 3.05) is 0 Å². The molecule has 8 rings (SSSR count). The Morgan fingerprint density at radius 3 is 2.30 bits per heavy atom. The fourth-order valence-electron chi connectivity index (χ4n) is 8.32. The first-order valence-corrected chi connectivity index (χ1v) is 14.6. The molecule has 0 aliphatic heterocycles. The van der Waals surface area contributed by atoms with E-state index in [4.69, 9.17) is 0 Å². The topological polar surface area (TPSA) is 25.8 Å². The first-order valence-electron chi connectivity index (χ1n) is 14.6. The van der Waals surface area contributed by atoms with E-state index in [1.807, 2.05) is 24.5 Å². The molecule has 2 aromatic carbocycles. The van der Waals surface area contributed by atoms with Crippen molar-refractivity contribution >= 4 is 16.7 Å². The van der Waals surface area contributed by atoms with Crippen LogP contribution in [0, 0.1) is 23.2 Å². The molecule has 4 aliphatic carbocycles. The summed E-state index contributed by atoms with van der Waals surface area (Å²) < 4.78 is 0. The lowest BCUT2D eigenvalue weighted by atomic mass is 9.64. The van der Waals surface area contributed by atoms with E-state index in [9.17, 15) is 0 Å². The second kappa shape index (κ2) is 8.24. The van der Waals surface area contributed by atoms with Crippen LogP contribution < -0.4 is 10.4 Å². The highest BCUT2D eigenvalue weighted by atomic mass is 14.7.